The molecule has 1 fully saturated rings. The second kappa shape index (κ2) is 7.86. The lowest BCUT2D eigenvalue weighted by molar-refractivity contribution is -0.384. The molecule has 2 aromatic rings. The zero-order valence-electron chi connectivity index (χ0n) is 14.4. The fourth-order valence-electron chi connectivity index (χ4n) is 3.00. The Morgan fingerprint density at radius 3 is 2.62 bits per heavy atom. The van der Waals surface area contributed by atoms with Gasteiger partial charge in [0.2, 0.25) is 0 Å². The van der Waals surface area contributed by atoms with E-state index in [1.54, 1.807) is 25.3 Å². The second-order valence-electron chi connectivity index (χ2n) is 6.15. The quantitative estimate of drug-likeness (QED) is 0.619. The number of hydrogen-bond donors (Lipinski definition) is 1. The van der Waals surface area contributed by atoms with Crippen molar-refractivity contribution < 1.29 is 19.2 Å². The summed E-state index contributed by atoms with van der Waals surface area (Å²) >= 11 is 0. The van der Waals surface area contributed by atoms with Crippen molar-refractivity contribution in [1.29, 1.82) is 0 Å². The summed E-state index contributed by atoms with van der Waals surface area (Å²) in [5.74, 6) is 0.757. The summed E-state index contributed by atoms with van der Waals surface area (Å²) < 4.78 is 11.3. The highest BCUT2D eigenvalue weighted by Gasteiger charge is 2.19. The van der Waals surface area contributed by atoms with Gasteiger partial charge >= 0.3 is 0 Å². The van der Waals surface area contributed by atoms with Gasteiger partial charge in [-0.2, -0.15) is 0 Å². The Morgan fingerprint density at radius 1 is 1.15 bits per heavy atom. The molecule has 1 N–H and O–H groups in total. The van der Waals surface area contributed by atoms with Gasteiger partial charge in [0.25, 0.3) is 11.6 Å². The summed E-state index contributed by atoms with van der Waals surface area (Å²) in [5, 5.41) is 13.6. The van der Waals surface area contributed by atoms with E-state index in [0.29, 0.717) is 17.2 Å². The number of carbonyl (C=O) groups excluding carboxylic acids is 1. The van der Waals surface area contributed by atoms with E-state index in [1.807, 2.05) is 0 Å². The van der Waals surface area contributed by atoms with Gasteiger partial charge in [0.1, 0.15) is 0 Å². The fourth-order valence-corrected chi connectivity index (χ4v) is 3.00. The number of non-ortho nitro benzene ring substituents is 1. The molecule has 0 radical (unpaired) electrons. The van der Waals surface area contributed by atoms with E-state index >= 15 is 0 Å². The number of nitrogens with zero attached hydrogens (tertiary/aromatic N) is 1. The molecule has 1 amide bonds. The van der Waals surface area contributed by atoms with Crippen LogP contribution in [0.1, 0.15) is 36.0 Å². The molecule has 0 unspecified atom stereocenters. The standard InChI is InChI=1S/C19H20N2O5/c1-25-17-10-9-14(12-18(17)26-16-7-2-3-8-16)20-19(22)13-5-4-6-15(11-13)21(23)24/h4-6,9-12,16H,2-3,7-8H2,1H3,(H,20,22). The molecular weight excluding hydrogens is 336 g/mol. The van der Waals surface area contributed by atoms with Crippen molar-refractivity contribution in [2.24, 2.45) is 0 Å². The molecule has 7 heteroatoms. The number of nitro groups is 1. The zero-order valence-corrected chi connectivity index (χ0v) is 14.4. The van der Waals surface area contributed by atoms with Gasteiger partial charge in [-0.1, -0.05) is 6.07 Å². The van der Waals surface area contributed by atoms with Crippen LogP contribution >= 0.6 is 0 Å². The number of ether oxygens (including phenoxy) is 2. The van der Waals surface area contributed by atoms with Crippen LogP contribution in [0.25, 0.3) is 0 Å². The van der Waals surface area contributed by atoms with E-state index in [9.17, 15) is 14.9 Å². The predicted octanol–water partition coefficient (Wildman–Crippen LogP) is 4.18. The highest BCUT2D eigenvalue weighted by Crippen LogP contribution is 2.34. The van der Waals surface area contributed by atoms with Gasteiger partial charge in [-0.25, -0.2) is 0 Å². The van der Waals surface area contributed by atoms with E-state index in [0.717, 1.165) is 25.7 Å². The largest absolute Gasteiger partial charge is 0.493 e. The van der Waals surface area contributed by atoms with E-state index < -0.39 is 10.8 Å². The summed E-state index contributed by atoms with van der Waals surface area (Å²) in [5.41, 5.74) is 0.626. The van der Waals surface area contributed by atoms with Gasteiger partial charge in [0.15, 0.2) is 11.5 Å². The Labute approximate surface area is 151 Å². The van der Waals surface area contributed by atoms with E-state index in [1.165, 1.54) is 24.3 Å². The molecule has 7 nitrogen and oxygen atoms in total. The number of nitro benzene ring substituents is 1. The first-order valence-electron chi connectivity index (χ1n) is 8.47. The Kier molecular flexibility index (Phi) is 5.36. The van der Waals surface area contributed by atoms with Crippen LogP contribution in [0, 0.1) is 10.1 Å². The zero-order chi connectivity index (χ0) is 18.5. The van der Waals surface area contributed by atoms with Crippen LogP contribution in [0.4, 0.5) is 11.4 Å². The van der Waals surface area contributed by atoms with Gasteiger partial charge in [-0.15, -0.1) is 0 Å². The average Bonchev–Trinajstić information content (AvgIpc) is 3.15. The van der Waals surface area contributed by atoms with Gasteiger partial charge in [0, 0.05) is 29.4 Å². The molecule has 1 aliphatic rings. The van der Waals surface area contributed by atoms with Crippen LogP contribution in [0.5, 0.6) is 11.5 Å². The highest BCUT2D eigenvalue weighted by molar-refractivity contribution is 6.04. The maximum absolute atomic E-state index is 12.4. The Morgan fingerprint density at radius 2 is 1.92 bits per heavy atom. The van der Waals surface area contributed by atoms with Crippen molar-refractivity contribution in [3.8, 4) is 11.5 Å². The molecule has 1 saturated carbocycles. The van der Waals surface area contributed by atoms with Gasteiger partial charge < -0.3 is 14.8 Å². The number of amides is 1. The molecule has 0 spiro atoms. The van der Waals surface area contributed by atoms with Crippen molar-refractivity contribution in [3.63, 3.8) is 0 Å². The lowest BCUT2D eigenvalue weighted by atomic mass is 10.2. The van der Waals surface area contributed by atoms with Gasteiger partial charge in [-0.05, 0) is 43.9 Å². The van der Waals surface area contributed by atoms with Crippen LogP contribution in [0.15, 0.2) is 42.5 Å². The fraction of sp³-hybridized carbons (Fsp3) is 0.316. The van der Waals surface area contributed by atoms with E-state index in [-0.39, 0.29) is 17.4 Å². The van der Waals surface area contributed by atoms with Crippen molar-refractivity contribution >= 4 is 17.3 Å². The first-order valence-corrected chi connectivity index (χ1v) is 8.47. The van der Waals surface area contributed by atoms with Gasteiger partial charge in [-0.3, -0.25) is 14.9 Å². The third kappa shape index (κ3) is 4.11. The lowest BCUT2D eigenvalue weighted by Crippen LogP contribution is -2.14. The molecule has 3 rings (SSSR count). The highest BCUT2D eigenvalue weighted by atomic mass is 16.6. The number of benzene rings is 2. The van der Waals surface area contributed by atoms with Crippen LogP contribution in [-0.2, 0) is 0 Å². The minimum absolute atomic E-state index is 0.127. The number of hydrogen-bond acceptors (Lipinski definition) is 5. The van der Waals surface area contributed by atoms with Gasteiger partial charge in [0.05, 0.1) is 18.1 Å². The molecule has 0 saturated heterocycles. The topological polar surface area (TPSA) is 90.7 Å². The summed E-state index contributed by atoms with van der Waals surface area (Å²) in [6.45, 7) is 0. The maximum atomic E-state index is 12.4. The summed E-state index contributed by atoms with van der Waals surface area (Å²) in [7, 11) is 1.57. The Balaban J connectivity index is 1.77. The maximum Gasteiger partial charge on any atom is 0.270 e. The van der Waals surface area contributed by atoms with Crippen LogP contribution in [0.2, 0.25) is 0 Å². The molecule has 0 bridgehead atoms. The van der Waals surface area contributed by atoms with Crippen molar-refractivity contribution in [2.45, 2.75) is 31.8 Å². The normalized spacial score (nSPS) is 14.0. The second-order valence-corrected chi connectivity index (χ2v) is 6.15. The third-order valence-corrected chi connectivity index (χ3v) is 4.34. The van der Waals surface area contributed by atoms with E-state index in [2.05, 4.69) is 5.32 Å². The molecular formula is C19H20N2O5. The Hall–Kier alpha value is -3.09. The molecule has 0 atom stereocenters. The minimum Gasteiger partial charge on any atom is -0.493 e. The van der Waals surface area contributed by atoms with Crippen molar-refractivity contribution in [1.82, 2.24) is 0 Å². The average molecular weight is 356 g/mol. The third-order valence-electron chi connectivity index (χ3n) is 4.34. The monoisotopic (exact) mass is 356 g/mol. The molecule has 136 valence electrons. The van der Waals surface area contributed by atoms with Crippen LogP contribution in [0.3, 0.4) is 0 Å². The number of rotatable bonds is 6. The summed E-state index contributed by atoms with van der Waals surface area (Å²) in [6.07, 6.45) is 4.47. The molecule has 0 aliphatic heterocycles. The molecule has 26 heavy (non-hydrogen) atoms. The lowest BCUT2D eigenvalue weighted by Gasteiger charge is -2.17. The number of methoxy groups -OCH3 is 1. The minimum atomic E-state index is -0.530. The number of anilines is 1. The summed E-state index contributed by atoms with van der Waals surface area (Å²) in [4.78, 5) is 22.7. The summed E-state index contributed by atoms with van der Waals surface area (Å²) in [6, 6.07) is 10.7. The molecule has 2 aromatic carbocycles. The van der Waals surface area contributed by atoms with Crippen molar-refractivity contribution in [3.05, 3.63) is 58.1 Å². The van der Waals surface area contributed by atoms with Crippen LogP contribution < -0.4 is 14.8 Å². The number of nitrogens with one attached hydrogen (secondary N) is 1. The predicted molar refractivity (Wildman–Crippen MR) is 96.9 cm³/mol. The van der Waals surface area contributed by atoms with E-state index in [4.69, 9.17) is 9.47 Å². The van der Waals surface area contributed by atoms with Crippen molar-refractivity contribution in [2.75, 3.05) is 12.4 Å². The first-order chi connectivity index (χ1) is 12.6. The molecule has 0 aromatic heterocycles. The van der Waals surface area contributed by atoms with Crippen LogP contribution in [-0.4, -0.2) is 24.0 Å². The number of carbonyl (C=O) groups is 1. The first kappa shape index (κ1) is 17.7. The smallest absolute Gasteiger partial charge is 0.270 e. The Bertz CT molecular complexity index is 815. The molecule has 0 heterocycles. The molecule has 1 aliphatic carbocycles. The SMILES string of the molecule is COc1ccc(NC(=O)c2cccc([N+](=O)[O-])c2)cc1OC1CCCC1.